The van der Waals surface area contributed by atoms with Gasteiger partial charge in [-0.05, 0) is 101 Å². The summed E-state index contributed by atoms with van der Waals surface area (Å²) >= 11 is 1.94. The molecule has 0 saturated heterocycles. The van der Waals surface area contributed by atoms with Gasteiger partial charge in [0.2, 0.25) is 0 Å². The minimum absolute atomic E-state index is 0.0447. The molecule has 11 rings (SSSR count). The van der Waals surface area contributed by atoms with E-state index in [-0.39, 0.29) is 28.1 Å². The Morgan fingerprint density at radius 3 is 1.92 bits per heavy atom. The van der Waals surface area contributed by atoms with Gasteiger partial charge in [-0.25, -0.2) is 0 Å². The molecule has 0 saturated carbocycles. The highest BCUT2D eigenvalue weighted by Gasteiger charge is 2.44. The van der Waals surface area contributed by atoms with Crippen molar-refractivity contribution >= 4 is 58.6 Å². The number of benzene rings is 7. The third-order valence-corrected chi connectivity index (χ3v) is 16.0. The third kappa shape index (κ3) is 6.22. The molecule has 1 heteroatoms. The highest BCUT2D eigenvalue weighted by molar-refractivity contribution is 7.26. The molecule has 63 heavy (non-hydrogen) atoms. The van der Waals surface area contributed by atoms with E-state index < -0.39 is 0 Å². The lowest BCUT2D eigenvalue weighted by Gasteiger charge is -2.44. The summed E-state index contributed by atoms with van der Waals surface area (Å²) in [4.78, 5) is 0. The number of fused-ring (bicyclic) bond motifs is 7. The van der Waals surface area contributed by atoms with E-state index in [1.165, 1.54) is 103 Å². The topological polar surface area (TPSA) is 0 Å². The molecule has 0 radical (unpaired) electrons. The number of allylic oxidation sites excluding steroid dienone is 9. The summed E-state index contributed by atoms with van der Waals surface area (Å²) in [6, 6.07) is 53.1. The van der Waals surface area contributed by atoms with Crippen molar-refractivity contribution in [1.82, 2.24) is 0 Å². The lowest BCUT2D eigenvalue weighted by atomic mass is 9.58. The average Bonchev–Trinajstić information content (AvgIpc) is 3.65. The van der Waals surface area contributed by atoms with Crippen molar-refractivity contribution in [3.63, 3.8) is 0 Å². The Hall–Kier alpha value is -6.02. The fourth-order valence-corrected chi connectivity index (χ4v) is 13.0. The van der Waals surface area contributed by atoms with Gasteiger partial charge < -0.3 is 0 Å². The second-order valence-electron chi connectivity index (χ2n) is 20.6. The molecule has 3 aliphatic carbocycles. The maximum atomic E-state index is 2.61. The third-order valence-electron chi connectivity index (χ3n) is 14.7. The summed E-state index contributed by atoms with van der Waals surface area (Å²) in [7, 11) is 0. The molecule has 0 amide bonds. The number of hydrogen-bond acceptors (Lipinski definition) is 1. The van der Waals surface area contributed by atoms with E-state index >= 15 is 0 Å². The molecule has 0 aliphatic heterocycles. The van der Waals surface area contributed by atoms with E-state index in [4.69, 9.17) is 0 Å². The largest absolute Gasteiger partial charge is 0.135 e. The second kappa shape index (κ2) is 14.5. The minimum Gasteiger partial charge on any atom is -0.135 e. The zero-order chi connectivity index (χ0) is 43.4. The van der Waals surface area contributed by atoms with Gasteiger partial charge in [-0.3, -0.25) is 0 Å². The molecule has 4 atom stereocenters. The van der Waals surface area contributed by atoms with E-state index in [1.54, 1.807) is 0 Å². The van der Waals surface area contributed by atoms with Gasteiger partial charge in [0.15, 0.2) is 0 Å². The minimum atomic E-state index is -0.197. The van der Waals surface area contributed by atoms with E-state index in [9.17, 15) is 0 Å². The summed E-state index contributed by atoms with van der Waals surface area (Å²) in [6.07, 6.45) is 14.4. The average molecular weight is 833 g/mol. The summed E-state index contributed by atoms with van der Waals surface area (Å²) in [5, 5.41) is 8.03. The monoisotopic (exact) mass is 832 g/mol. The molecule has 0 N–H and O–H groups in total. The Morgan fingerprint density at radius 2 is 1.22 bits per heavy atom. The molecule has 0 nitrogen and oxygen atoms in total. The Balaban J connectivity index is 1.12. The van der Waals surface area contributed by atoms with Crippen molar-refractivity contribution in [2.45, 2.75) is 67.2 Å². The van der Waals surface area contributed by atoms with Crippen molar-refractivity contribution in [3.8, 4) is 11.1 Å². The molecule has 3 aliphatic rings. The Kier molecular flexibility index (Phi) is 9.17. The smallest absolute Gasteiger partial charge is 0.0434 e. The first kappa shape index (κ1) is 39.8. The molecule has 7 aromatic carbocycles. The summed E-state index contributed by atoms with van der Waals surface area (Å²) in [5.41, 5.74) is 15.1. The van der Waals surface area contributed by atoms with Gasteiger partial charge in [-0.15, -0.1) is 11.3 Å². The molecule has 1 heterocycles. The first-order chi connectivity index (χ1) is 30.3. The first-order valence-corrected chi connectivity index (χ1v) is 23.7. The van der Waals surface area contributed by atoms with Crippen LogP contribution in [0.5, 0.6) is 0 Å². The summed E-state index contributed by atoms with van der Waals surface area (Å²) < 4.78 is 2.67. The normalized spacial score (nSPS) is 21.2. The van der Waals surface area contributed by atoms with E-state index in [0.29, 0.717) is 5.92 Å². The summed E-state index contributed by atoms with van der Waals surface area (Å²) in [5.74, 6) is 0.831. The molecule has 0 bridgehead atoms. The van der Waals surface area contributed by atoms with Crippen LogP contribution in [0.15, 0.2) is 193 Å². The van der Waals surface area contributed by atoms with Crippen LogP contribution in [-0.2, 0) is 0 Å². The lowest BCUT2D eigenvalue weighted by Crippen LogP contribution is -2.32. The van der Waals surface area contributed by atoms with Crippen LogP contribution in [0.1, 0.15) is 95.0 Å². The van der Waals surface area contributed by atoms with Crippen molar-refractivity contribution < 1.29 is 0 Å². The van der Waals surface area contributed by atoms with Crippen molar-refractivity contribution in [1.29, 1.82) is 0 Å². The molecule has 1 aromatic heterocycles. The fraction of sp³-hybridized carbons (Fsp3) is 0.226. The molecule has 310 valence electrons. The first-order valence-electron chi connectivity index (χ1n) is 22.9. The fourth-order valence-electron chi connectivity index (χ4n) is 11.7. The van der Waals surface area contributed by atoms with Crippen molar-refractivity contribution in [2.24, 2.45) is 22.2 Å². The molecule has 0 spiro atoms. The molecule has 0 fully saturated rings. The lowest BCUT2D eigenvalue weighted by molar-refractivity contribution is 0.402. The Bertz CT molecular complexity index is 3270. The van der Waals surface area contributed by atoms with Crippen molar-refractivity contribution in [3.05, 3.63) is 221 Å². The second-order valence-corrected chi connectivity index (χ2v) is 21.7. The van der Waals surface area contributed by atoms with Crippen LogP contribution in [0.25, 0.3) is 58.4 Å². The van der Waals surface area contributed by atoms with Crippen LogP contribution < -0.4 is 0 Å². The summed E-state index contributed by atoms with van der Waals surface area (Å²) in [6.45, 7) is 19.2. The van der Waals surface area contributed by atoms with Crippen LogP contribution in [0, 0.1) is 22.2 Å². The maximum Gasteiger partial charge on any atom is 0.0434 e. The van der Waals surface area contributed by atoms with Crippen LogP contribution in [-0.4, -0.2) is 0 Å². The predicted octanol–water partition coefficient (Wildman–Crippen LogP) is 17.8. The zero-order valence-corrected chi connectivity index (χ0v) is 38.7. The number of rotatable bonds is 4. The zero-order valence-electron chi connectivity index (χ0n) is 37.9. The van der Waals surface area contributed by atoms with Gasteiger partial charge in [-0.1, -0.05) is 225 Å². The maximum absolute atomic E-state index is 2.61. The molecular formula is C62H56S. The van der Waals surface area contributed by atoms with Crippen LogP contribution in [0.2, 0.25) is 0 Å². The standard InChI is InChI=1S/C62H56S/c1-38-50(36-41(60(2,3)4)37-53(38)61(5,6)7)57-44-25-14-12-23-42(44)56(43-24-13-15-26-45(43)57)49-30-20-29-48-51-35-40(32-33-54(51)63-59(48)49)55-46-27-16-17-28-47(46)58(39-21-10-9-11-22-39)62(8)34-19-18-31-52(55)62/h9-38,50,58H,1-8H3. The Morgan fingerprint density at radius 1 is 0.587 bits per heavy atom. The van der Waals surface area contributed by atoms with Crippen LogP contribution >= 0.6 is 11.3 Å². The van der Waals surface area contributed by atoms with E-state index in [2.05, 4.69) is 231 Å². The van der Waals surface area contributed by atoms with Gasteiger partial charge in [0, 0.05) is 43.0 Å². The molecule has 8 aromatic rings. The molecule has 4 unspecified atom stereocenters. The van der Waals surface area contributed by atoms with E-state index in [0.717, 1.165) is 0 Å². The predicted molar refractivity (Wildman–Crippen MR) is 274 cm³/mol. The van der Waals surface area contributed by atoms with Crippen molar-refractivity contribution in [2.75, 3.05) is 0 Å². The quantitative estimate of drug-likeness (QED) is 0.155. The van der Waals surface area contributed by atoms with Gasteiger partial charge in [0.05, 0.1) is 0 Å². The Labute approximate surface area is 377 Å². The van der Waals surface area contributed by atoms with E-state index in [1.807, 2.05) is 11.3 Å². The van der Waals surface area contributed by atoms with Crippen LogP contribution in [0.3, 0.4) is 0 Å². The molecular weight excluding hydrogens is 777 g/mol. The highest BCUT2D eigenvalue weighted by atomic mass is 32.1. The number of thiophene rings is 1. The SMILES string of the molecule is CC1C(C(C)(C)C)=CC(C(C)(C)C)=CC1c1c2ccccc2c(-c2cccc3c2sc2ccc(C4=C5C=CC=CC5(C)C(c5ccccc5)c5ccccc54)cc23)c2ccccc12. The van der Waals surface area contributed by atoms with Gasteiger partial charge in [0.1, 0.15) is 0 Å². The van der Waals surface area contributed by atoms with Gasteiger partial charge in [-0.2, -0.15) is 0 Å². The highest BCUT2D eigenvalue weighted by Crippen LogP contribution is 2.58. The number of hydrogen-bond donors (Lipinski definition) is 0. The van der Waals surface area contributed by atoms with Crippen LogP contribution in [0.4, 0.5) is 0 Å². The van der Waals surface area contributed by atoms with Gasteiger partial charge >= 0.3 is 0 Å². The van der Waals surface area contributed by atoms with Gasteiger partial charge in [0.25, 0.3) is 0 Å².